The van der Waals surface area contributed by atoms with Crippen LogP contribution in [0.4, 0.5) is 4.79 Å². The third kappa shape index (κ3) is 3.94. The number of hydrogen-bond donors (Lipinski definition) is 1. The van der Waals surface area contributed by atoms with Crippen molar-refractivity contribution >= 4 is 28.0 Å². The van der Waals surface area contributed by atoms with Crippen molar-refractivity contribution in [3.05, 3.63) is 87.9 Å². The second kappa shape index (κ2) is 9.14. The Balaban J connectivity index is 1.34. The molecule has 1 N–H and O–H groups in total. The van der Waals surface area contributed by atoms with Gasteiger partial charge in [-0.3, -0.25) is 4.79 Å². The van der Waals surface area contributed by atoms with Gasteiger partial charge in [0.2, 0.25) is 0 Å². The largest absolute Gasteiger partial charge is 0.497 e. The number of carboxylic acid groups (broad SMARTS) is 1. The first-order chi connectivity index (χ1) is 16.5. The van der Waals surface area contributed by atoms with Crippen LogP contribution in [0, 0.1) is 5.92 Å². The molecule has 34 heavy (non-hydrogen) atoms. The van der Waals surface area contributed by atoms with Crippen LogP contribution >= 0.6 is 15.9 Å². The van der Waals surface area contributed by atoms with E-state index in [9.17, 15) is 14.7 Å². The van der Waals surface area contributed by atoms with E-state index in [1.165, 1.54) is 4.90 Å². The Kier molecular flexibility index (Phi) is 6.04. The maximum absolute atomic E-state index is 13.1. The number of carbonyl (C=O) groups excluding carboxylic acids is 1. The lowest BCUT2D eigenvalue weighted by atomic mass is 9.89. The zero-order valence-electron chi connectivity index (χ0n) is 18.6. The lowest BCUT2D eigenvalue weighted by Gasteiger charge is -2.20. The number of likely N-dealkylation sites (tertiary alicyclic amines) is 1. The molecule has 174 valence electrons. The summed E-state index contributed by atoms with van der Waals surface area (Å²) in [5.74, 6) is -1.44. The number of rotatable bonds is 5. The number of carbonyl (C=O) groups is 2. The number of halogens is 1. The summed E-state index contributed by atoms with van der Waals surface area (Å²) in [5, 5.41) is 9.86. The molecule has 1 fully saturated rings. The van der Waals surface area contributed by atoms with E-state index in [4.69, 9.17) is 9.47 Å². The smallest absolute Gasteiger partial charge is 0.409 e. The molecular formula is C27H24BrNO5. The molecule has 2 atom stereocenters. The summed E-state index contributed by atoms with van der Waals surface area (Å²) in [6, 6.07) is 21.8. The Morgan fingerprint density at radius 2 is 1.62 bits per heavy atom. The molecule has 1 saturated heterocycles. The van der Waals surface area contributed by atoms with E-state index in [-0.39, 0.29) is 31.5 Å². The number of methoxy groups -OCH3 is 1. The Morgan fingerprint density at radius 1 is 0.971 bits per heavy atom. The van der Waals surface area contributed by atoms with Crippen LogP contribution < -0.4 is 4.74 Å². The maximum Gasteiger partial charge on any atom is 0.409 e. The predicted molar refractivity (Wildman–Crippen MR) is 131 cm³/mol. The molecular weight excluding hydrogens is 498 g/mol. The van der Waals surface area contributed by atoms with Gasteiger partial charge >= 0.3 is 12.1 Å². The predicted octanol–water partition coefficient (Wildman–Crippen LogP) is 5.51. The van der Waals surface area contributed by atoms with Crippen LogP contribution in [0.2, 0.25) is 0 Å². The summed E-state index contributed by atoms with van der Waals surface area (Å²) in [6.07, 6.45) is -0.491. The topological polar surface area (TPSA) is 76.1 Å². The molecule has 6 nitrogen and oxygen atoms in total. The quantitative estimate of drug-likeness (QED) is 0.479. The summed E-state index contributed by atoms with van der Waals surface area (Å²) >= 11 is 3.53. The highest BCUT2D eigenvalue weighted by Crippen LogP contribution is 2.45. The van der Waals surface area contributed by atoms with E-state index in [1.807, 2.05) is 42.5 Å². The summed E-state index contributed by atoms with van der Waals surface area (Å²) in [4.78, 5) is 26.6. The number of ether oxygens (including phenoxy) is 2. The molecule has 0 radical (unpaired) electrons. The second-order valence-electron chi connectivity index (χ2n) is 8.65. The van der Waals surface area contributed by atoms with Crippen LogP contribution in [-0.4, -0.2) is 48.9 Å². The monoisotopic (exact) mass is 521 g/mol. The van der Waals surface area contributed by atoms with E-state index in [2.05, 4.69) is 40.2 Å². The normalized spacial score (nSPS) is 18.9. The molecule has 3 aromatic carbocycles. The third-order valence-electron chi connectivity index (χ3n) is 6.83. The van der Waals surface area contributed by atoms with Gasteiger partial charge in [-0.2, -0.15) is 0 Å². The fraction of sp³-hybridized carbons (Fsp3) is 0.259. The molecule has 0 aromatic heterocycles. The van der Waals surface area contributed by atoms with E-state index >= 15 is 0 Å². The standard InChI is InChI=1S/C27H24BrNO5/c1-33-16-10-11-25(28)21(12-16)22-13-29(14-23(22)26(30)31)27(32)34-15-24-19-8-4-2-6-17(19)18-7-3-5-9-20(18)24/h2-12,22-24H,13-15H2,1H3,(H,30,31)/t22-,23+/m0/s1. The highest BCUT2D eigenvalue weighted by molar-refractivity contribution is 9.10. The zero-order valence-corrected chi connectivity index (χ0v) is 20.2. The van der Waals surface area contributed by atoms with Gasteiger partial charge in [0.15, 0.2) is 0 Å². The van der Waals surface area contributed by atoms with Gasteiger partial charge in [-0.05, 0) is 46.0 Å². The summed E-state index contributed by atoms with van der Waals surface area (Å²) in [6.45, 7) is 0.564. The van der Waals surface area contributed by atoms with Crippen molar-refractivity contribution in [1.29, 1.82) is 0 Å². The first-order valence-corrected chi connectivity index (χ1v) is 11.9. The first-order valence-electron chi connectivity index (χ1n) is 11.1. The van der Waals surface area contributed by atoms with Crippen molar-refractivity contribution in [2.75, 3.05) is 26.8 Å². The number of hydrogen-bond acceptors (Lipinski definition) is 4. The number of benzene rings is 3. The van der Waals surface area contributed by atoms with Crippen molar-refractivity contribution in [3.63, 3.8) is 0 Å². The minimum atomic E-state index is -0.936. The zero-order chi connectivity index (χ0) is 23.8. The van der Waals surface area contributed by atoms with Gasteiger partial charge in [-0.25, -0.2) is 4.79 Å². The maximum atomic E-state index is 13.1. The number of aliphatic carboxylic acids is 1. The van der Waals surface area contributed by atoms with Gasteiger partial charge in [-0.1, -0.05) is 64.5 Å². The van der Waals surface area contributed by atoms with Gasteiger partial charge in [0, 0.05) is 29.4 Å². The van der Waals surface area contributed by atoms with Gasteiger partial charge in [0.05, 0.1) is 13.0 Å². The van der Waals surface area contributed by atoms with E-state index in [0.29, 0.717) is 5.75 Å². The van der Waals surface area contributed by atoms with E-state index < -0.39 is 18.0 Å². The molecule has 5 rings (SSSR count). The Morgan fingerprint density at radius 3 is 2.24 bits per heavy atom. The summed E-state index contributed by atoms with van der Waals surface area (Å²) in [5.41, 5.74) is 5.41. The van der Waals surface area contributed by atoms with Crippen LogP contribution in [0.15, 0.2) is 71.2 Å². The third-order valence-corrected chi connectivity index (χ3v) is 7.56. The number of fused-ring (bicyclic) bond motifs is 3. The Labute approximate surface area is 206 Å². The molecule has 2 aliphatic rings. The first kappa shape index (κ1) is 22.5. The summed E-state index contributed by atoms with van der Waals surface area (Å²) in [7, 11) is 1.57. The summed E-state index contributed by atoms with van der Waals surface area (Å²) < 4.78 is 11.9. The molecule has 7 heteroatoms. The molecule has 0 spiro atoms. The van der Waals surface area contributed by atoms with Gasteiger partial charge < -0.3 is 19.5 Å². The highest BCUT2D eigenvalue weighted by atomic mass is 79.9. The molecule has 1 aliphatic heterocycles. The van der Waals surface area contributed by atoms with Gasteiger partial charge in [-0.15, -0.1) is 0 Å². The number of carboxylic acids is 1. The van der Waals surface area contributed by atoms with Crippen LogP contribution in [-0.2, 0) is 9.53 Å². The number of nitrogens with zero attached hydrogens (tertiary/aromatic N) is 1. The van der Waals surface area contributed by atoms with Gasteiger partial charge in [0.25, 0.3) is 0 Å². The van der Waals surface area contributed by atoms with Crippen molar-refractivity contribution in [1.82, 2.24) is 4.90 Å². The van der Waals surface area contributed by atoms with Crippen LogP contribution in [0.3, 0.4) is 0 Å². The van der Waals surface area contributed by atoms with Crippen molar-refractivity contribution in [3.8, 4) is 16.9 Å². The van der Waals surface area contributed by atoms with Gasteiger partial charge in [0.1, 0.15) is 12.4 Å². The van der Waals surface area contributed by atoms with Crippen LogP contribution in [0.5, 0.6) is 5.75 Å². The fourth-order valence-corrected chi connectivity index (χ4v) is 5.68. The highest BCUT2D eigenvalue weighted by Gasteiger charge is 2.42. The molecule has 0 bridgehead atoms. The minimum absolute atomic E-state index is 0.0439. The average Bonchev–Trinajstić information content (AvgIpc) is 3.43. The molecule has 0 unspecified atom stereocenters. The van der Waals surface area contributed by atoms with Crippen LogP contribution in [0.25, 0.3) is 11.1 Å². The van der Waals surface area contributed by atoms with Crippen LogP contribution in [0.1, 0.15) is 28.5 Å². The number of amides is 1. The van der Waals surface area contributed by atoms with E-state index in [0.717, 1.165) is 32.3 Å². The SMILES string of the molecule is COc1ccc(Br)c([C@@H]2CN(C(=O)OCC3c4ccccc4-c4ccccc43)C[C@H]2C(=O)O)c1. The van der Waals surface area contributed by atoms with Crippen molar-refractivity contribution < 1.29 is 24.2 Å². The van der Waals surface area contributed by atoms with Crippen molar-refractivity contribution in [2.45, 2.75) is 11.8 Å². The molecule has 0 saturated carbocycles. The second-order valence-corrected chi connectivity index (χ2v) is 9.50. The molecule has 1 heterocycles. The van der Waals surface area contributed by atoms with Crippen molar-refractivity contribution in [2.24, 2.45) is 5.92 Å². The molecule has 1 aliphatic carbocycles. The lowest BCUT2D eigenvalue weighted by Crippen LogP contribution is -2.31. The molecule has 3 aromatic rings. The fourth-order valence-electron chi connectivity index (χ4n) is 5.14. The minimum Gasteiger partial charge on any atom is -0.497 e. The average molecular weight is 522 g/mol. The Hall–Kier alpha value is -3.32. The lowest BCUT2D eigenvalue weighted by molar-refractivity contribution is -0.141. The molecule has 1 amide bonds. The Bertz CT molecular complexity index is 1210. The van der Waals surface area contributed by atoms with E-state index in [1.54, 1.807) is 7.11 Å².